The number of halogens is 1. The number of rotatable bonds is 7. The molecule has 0 saturated carbocycles. The van der Waals surface area contributed by atoms with E-state index in [1.165, 1.54) is 0 Å². The highest BCUT2D eigenvalue weighted by atomic mass is 127. The first kappa shape index (κ1) is 23.3. The van der Waals surface area contributed by atoms with E-state index in [1.807, 2.05) is 51.1 Å². The Morgan fingerprint density at radius 2 is 1.96 bits per heavy atom. The molecule has 0 aliphatic rings. The molecule has 1 unspecified atom stereocenters. The van der Waals surface area contributed by atoms with Crippen LogP contribution in [0.15, 0.2) is 39.7 Å². The molecular weight excluding hydrogens is 457 g/mol. The summed E-state index contributed by atoms with van der Waals surface area (Å²) in [5.41, 5.74) is 0.714. The van der Waals surface area contributed by atoms with Crippen LogP contribution in [-0.4, -0.2) is 31.3 Å². The minimum absolute atomic E-state index is 0. The number of nitrogens with zero attached hydrogens (tertiary/aromatic N) is 1. The van der Waals surface area contributed by atoms with Gasteiger partial charge < -0.3 is 24.9 Å². The zero-order valence-electron chi connectivity index (χ0n) is 16.6. The van der Waals surface area contributed by atoms with Gasteiger partial charge in [0, 0.05) is 17.7 Å². The van der Waals surface area contributed by atoms with E-state index in [0.717, 1.165) is 34.9 Å². The third-order valence-electron chi connectivity index (χ3n) is 4.17. The van der Waals surface area contributed by atoms with Gasteiger partial charge in [0.2, 0.25) is 0 Å². The molecule has 0 spiro atoms. The number of aliphatic hydroxyl groups is 1. The molecule has 0 aliphatic heterocycles. The first-order chi connectivity index (χ1) is 12.4. The minimum Gasteiger partial charge on any atom is -0.496 e. The molecule has 6 nitrogen and oxygen atoms in total. The van der Waals surface area contributed by atoms with Crippen molar-refractivity contribution in [3.05, 3.63) is 53.0 Å². The van der Waals surface area contributed by atoms with E-state index in [1.54, 1.807) is 14.0 Å². The van der Waals surface area contributed by atoms with Gasteiger partial charge in [0.25, 0.3) is 0 Å². The van der Waals surface area contributed by atoms with Crippen molar-refractivity contribution < 1.29 is 14.3 Å². The van der Waals surface area contributed by atoms with E-state index in [9.17, 15) is 5.11 Å². The number of benzene rings is 1. The number of methoxy groups -OCH3 is 1. The van der Waals surface area contributed by atoms with Crippen LogP contribution < -0.4 is 15.4 Å². The highest BCUT2D eigenvalue weighted by Gasteiger charge is 2.27. The summed E-state index contributed by atoms with van der Waals surface area (Å²) in [6, 6.07) is 9.67. The van der Waals surface area contributed by atoms with Gasteiger partial charge in [0.1, 0.15) is 22.9 Å². The Morgan fingerprint density at radius 1 is 1.26 bits per heavy atom. The lowest BCUT2D eigenvalue weighted by Gasteiger charge is -2.24. The Bertz CT molecular complexity index is 757. The van der Waals surface area contributed by atoms with Gasteiger partial charge in [-0.05, 0) is 39.8 Å². The molecule has 0 saturated heterocycles. The molecule has 0 bridgehead atoms. The molecule has 1 aromatic heterocycles. The van der Waals surface area contributed by atoms with Crippen LogP contribution in [0.5, 0.6) is 5.75 Å². The van der Waals surface area contributed by atoms with Gasteiger partial charge in [-0.15, -0.1) is 24.0 Å². The van der Waals surface area contributed by atoms with Crippen molar-refractivity contribution in [1.29, 1.82) is 0 Å². The summed E-state index contributed by atoms with van der Waals surface area (Å²) in [6.07, 6.45) is 0. The van der Waals surface area contributed by atoms with Gasteiger partial charge in [-0.3, -0.25) is 0 Å². The second kappa shape index (κ2) is 10.6. The summed E-state index contributed by atoms with van der Waals surface area (Å²) in [4.78, 5) is 4.60. The third kappa shape index (κ3) is 6.42. The van der Waals surface area contributed by atoms with E-state index in [2.05, 4.69) is 15.6 Å². The molecule has 0 fully saturated rings. The second-order valence-electron chi connectivity index (χ2n) is 6.46. The van der Waals surface area contributed by atoms with Crippen molar-refractivity contribution in [3.8, 4) is 5.75 Å². The van der Waals surface area contributed by atoms with E-state index >= 15 is 0 Å². The van der Waals surface area contributed by atoms with E-state index < -0.39 is 5.60 Å². The molecule has 3 N–H and O–H groups in total. The molecule has 0 amide bonds. The Kier molecular flexibility index (Phi) is 9.11. The van der Waals surface area contributed by atoms with Crippen LogP contribution in [0.1, 0.15) is 36.5 Å². The van der Waals surface area contributed by atoms with Crippen molar-refractivity contribution >= 4 is 29.9 Å². The molecule has 150 valence electrons. The Labute approximate surface area is 178 Å². The first-order valence-electron chi connectivity index (χ1n) is 8.81. The fourth-order valence-electron chi connectivity index (χ4n) is 2.86. The zero-order valence-corrected chi connectivity index (χ0v) is 19.0. The van der Waals surface area contributed by atoms with E-state index in [4.69, 9.17) is 9.15 Å². The van der Waals surface area contributed by atoms with Gasteiger partial charge in [-0.2, -0.15) is 0 Å². The van der Waals surface area contributed by atoms with Crippen molar-refractivity contribution in [2.75, 3.05) is 20.2 Å². The van der Waals surface area contributed by atoms with Crippen LogP contribution in [0.2, 0.25) is 0 Å². The molecule has 1 atom stereocenters. The van der Waals surface area contributed by atoms with Gasteiger partial charge in [-0.25, -0.2) is 4.99 Å². The summed E-state index contributed by atoms with van der Waals surface area (Å²) in [7, 11) is 1.65. The van der Waals surface area contributed by atoms with E-state index in [-0.39, 0.29) is 24.0 Å². The van der Waals surface area contributed by atoms with Crippen LogP contribution >= 0.6 is 24.0 Å². The number of nitrogens with one attached hydrogen (secondary N) is 2. The zero-order chi connectivity index (χ0) is 19.2. The van der Waals surface area contributed by atoms with Crippen LogP contribution in [0, 0.1) is 13.8 Å². The second-order valence-corrected chi connectivity index (χ2v) is 6.46. The predicted molar refractivity (Wildman–Crippen MR) is 119 cm³/mol. The van der Waals surface area contributed by atoms with Gasteiger partial charge in [0.15, 0.2) is 5.96 Å². The summed E-state index contributed by atoms with van der Waals surface area (Å²) in [6.45, 7) is 9.01. The molecule has 2 aromatic rings. The van der Waals surface area contributed by atoms with Crippen molar-refractivity contribution in [2.45, 2.75) is 39.8 Å². The lowest BCUT2D eigenvalue weighted by Crippen LogP contribution is -2.44. The van der Waals surface area contributed by atoms with Crippen LogP contribution in [0.4, 0.5) is 0 Å². The van der Waals surface area contributed by atoms with Gasteiger partial charge in [0.05, 0.1) is 20.2 Å². The standard InChI is InChI=1S/C20H29N3O3.HI/c1-6-21-19(22-12-16-9-7-8-10-18(16)25-5)23-13-20(4,24)17-11-14(2)26-15(17)3;/h7-11,24H,6,12-13H2,1-5H3,(H2,21,22,23);1H. The number of hydrogen-bond acceptors (Lipinski definition) is 4. The van der Waals surface area contributed by atoms with E-state index in [0.29, 0.717) is 19.0 Å². The number of aliphatic imine (C=N–C) groups is 1. The fraction of sp³-hybridized carbons (Fsp3) is 0.450. The van der Waals surface area contributed by atoms with Crippen molar-refractivity contribution in [1.82, 2.24) is 10.6 Å². The third-order valence-corrected chi connectivity index (χ3v) is 4.17. The van der Waals surface area contributed by atoms with Crippen molar-refractivity contribution in [2.24, 2.45) is 4.99 Å². The Hall–Kier alpha value is -1.74. The van der Waals surface area contributed by atoms with Crippen LogP contribution in [-0.2, 0) is 12.1 Å². The summed E-state index contributed by atoms with van der Waals surface area (Å²) < 4.78 is 10.9. The average molecular weight is 487 g/mol. The Morgan fingerprint density at radius 3 is 2.56 bits per heavy atom. The number of furan rings is 1. The highest BCUT2D eigenvalue weighted by molar-refractivity contribution is 14.0. The smallest absolute Gasteiger partial charge is 0.191 e. The first-order valence-corrected chi connectivity index (χ1v) is 8.81. The average Bonchev–Trinajstić information content (AvgIpc) is 2.97. The normalized spacial score (nSPS) is 13.5. The predicted octanol–water partition coefficient (Wildman–Crippen LogP) is 3.49. The summed E-state index contributed by atoms with van der Waals surface area (Å²) in [5, 5.41) is 17.2. The van der Waals surface area contributed by atoms with Crippen LogP contribution in [0.25, 0.3) is 0 Å². The lowest BCUT2D eigenvalue weighted by atomic mass is 9.96. The summed E-state index contributed by atoms with van der Waals surface area (Å²) >= 11 is 0. The summed E-state index contributed by atoms with van der Waals surface area (Å²) in [5.74, 6) is 2.96. The number of hydrogen-bond donors (Lipinski definition) is 3. The molecule has 0 aliphatic carbocycles. The molecule has 1 heterocycles. The fourth-order valence-corrected chi connectivity index (χ4v) is 2.86. The quantitative estimate of drug-likeness (QED) is 0.317. The monoisotopic (exact) mass is 487 g/mol. The lowest BCUT2D eigenvalue weighted by molar-refractivity contribution is 0.0601. The number of ether oxygens (including phenoxy) is 1. The van der Waals surface area contributed by atoms with Gasteiger partial charge >= 0.3 is 0 Å². The molecule has 0 radical (unpaired) electrons. The number of aryl methyl sites for hydroxylation is 2. The van der Waals surface area contributed by atoms with Crippen molar-refractivity contribution in [3.63, 3.8) is 0 Å². The molecule has 27 heavy (non-hydrogen) atoms. The largest absolute Gasteiger partial charge is 0.496 e. The maximum Gasteiger partial charge on any atom is 0.191 e. The molecule has 7 heteroatoms. The molecular formula is C20H30IN3O3. The SMILES string of the molecule is CCNC(=NCc1ccccc1OC)NCC(C)(O)c1cc(C)oc1C.I. The van der Waals surface area contributed by atoms with Crippen LogP contribution in [0.3, 0.4) is 0 Å². The Balaban J connectivity index is 0.00000364. The highest BCUT2D eigenvalue weighted by Crippen LogP contribution is 2.26. The number of guanidine groups is 1. The molecule has 2 rings (SSSR count). The maximum atomic E-state index is 10.8. The van der Waals surface area contributed by atoms with Gasteiger partial charge in [-0.1, -0.05) is 18.2 Å². The number of para-hydroxylation sites is 1. The molecule has 1 aromatic carbocycles. The topological polar surface area (TPSA) is 79.0 Å². The maximum absolute atomic E-state index is 10.8. The minimum atomic E-state index is -1.07.